The van der Waals surface area contributed by atoms with Crippen molar-refractivity contribution in [3.05, 3.63) is 118 Å². The molecule has 0 radical (unpaired) electrons. The highest BCUT2D eigenvalue weighted by atomic mass is 79.9. The minimum Gasteiger partial charge on any atom is -0.267 e. The molecular weight excluding hydrogens is 506 g/mol. The Morgan fingerprint density at radius 3 is 2.35 bits per heavy atom. The number of hydrazone groups is 1. The zero-order valence-electron chi connectivity index (χ0n) is 18.4. The molecule has 1 amide bonds. The van der Waals surface area contributed by atoms with Gasteiger partial charge in [0.1, 0.15) is 0 Å². The maximum atomic E-state index is 13.6. The van der Waals surface area contributed by atoms with Crippen molar-refractivity contribution in [1.29, 1.82) is 0 Å². The van der Waals surface area contributed by atoms with E-state index in [9.17, 15) is 4.79 Å². The average molecular weight is 526 g/mol. The molecule has 5 rings (SSSR count). The molecule has 1 aromatic heterocycles. The number of hydrogen-bond acceptors (Lipinski definition) is 4. The van der Waals surface area contributed by atoms with E-state index in [2.05, 4.69) is 39.2 Å². The Bertz CT molecular complexity index is 1480. The molecule has 0 bridgehead atoms. The fourth-order valence-corrected chi connectivity index (χ4v) is 4.81. The third kappa shape index (κ3) is 4.83. The van der Waals surface area contributed by atoms with Crippen LogP contribution in [0.4, 0.5) is 5.13 Å². The summed E-state index contributed by atoms with van der Waals surface area (Å²) in [5.41, 5.74) is 5.59. The minimum atomic E-state index is -0.233. The van der Waals surface area contributed by atoms with Crippen molar-refractivity contribution >= 4 is 54.7 Å². The molecule has 0 N–H and O–H groups in total. The number of anilines is 1. The van der Waals surface area contributed by atoms with Gasteiger partial charge in [0, 0.05) is 10.0 Å². The number of benzene rings is 4. The van der Waals surface area contributed by atoms with Crippen LogP contribution in [0.2, 0.25) is 0 Å². The average Bonchev–Trinajstić information content (AvgIpc) is 3.28. The number of amides is 1. The Labute approximate surface area is 210 Å². The van der Waals surface area contributed by atoms with Crippen LogP contribution in [0.1, 0.15) is 21.5 Å². The second kappa shape index (κ2) is 9.71. The second-order valence-corrected chi connectivity index (χ2v) is 9.75. The monoisotopic (exact) mass is 525 g/mol. The van der Waals surface area contributed by atoms with E-state index in [1.54, 1.807) is 6.21 Å². The van der Waals surface area contributed by atoms with Crippen molar-refractivity contribution in [3.63, 3.8) is 0 Å². The smallest absolute Gasteiger partial charge is 0.267 e. The predicted molar refractivity (Wildman–Crippen MR) is 145 cm³/mol. The van der Waals surface area contributed by atoms with Gasteiger partial charge in [-0.2, -0.15) is 10.1 Å². The number of aryl methyl sites for hydroxylation is 1. The van der Waals surface area contributed by atoms with Gasteiger partial charge in [-0.1, -0.05) is 87.9 Å². The van der Waals surface area contributed by atoms with E-state index < -0.39 is 0 Å². The van der Waals surface area contributed by atoms with Crippen molar-refractivity contribution < 1.29 is 4.79 Å². The van der Waals surface area contributed by atoms with Crippen molar-refractivity contribution in [2.24, 2.45) is 5.10 Å². The summed E-state index contributed by atoms with van der Waals surface area (Å²) in [6.45, 7) is 2.04. The summed E-state index contributed by atoms with van der Waals surface area (Å²) in [6, 6.07) is 31.5. The Kier molecular flexibility index (Phi) is 6.34. The summed E-state index contributed by atoms with van der Waals surface area (Å²) >= 11 is 4.90. The summed E-state index contributed by atoms with van der Waals surface area (Å²) in [7, 11) is 0. The van der Waals surface area contributed by atoms with Gasteiger partial charge in [-0.15, -0.1) is 0 Å². The van der Waals surface area contributed by atoms with Gasteiger partial charge >= 0.3 is 0 Å². The highest BCUT2D eigenvalue weighted by Crippen LogP contribution is 2.31. The first kappa shape index (κ1) is 22.2. The van der Waals surface area contributed by atoms with Gasteiger partial charge in [-0.3, -0.25) is 4.79 Å². The Morgan fingerprint density at radius 1 is 0.912 bits per heavy atom. The molecule has 0 spiro atoms. The summed E-state index contributed by atoms with van der Waals surface area (Å²) < 4.78 is 2.00. The molecule has 0 fully saturated rings. The summed E-state index contributed by atoms with van der Waals surface area (Å²) in [5, 5.41) is 6.48. The maximum absolute atomic E-state index is 13.6. The molecule has 6 heteroatoms. The molecule has 4 nitrogen and oxygen atoms in total. The number of hydrogen-bond donors (Lipinski definition) is 0. The van der Waals surface area contributed by atoms with Crippen LogP contribution in [-0.2, 0) is 0 Å². The third-order valence-corrected chi connectivity index (χ3v) is 6.86. The van der Waals surface area contributed by atoms with Crippen molar-refractivity contribution in [2.45, 2.75) is 6.92 Å². The van der Waals surface area contributed by atoms with Crippen LogP contribution < -0.4 is 5.01 Å². The van der Waals surface area contributed by atoms with Crippen LogP contribution in [-0.4, -0.2) is 17.1 Å². The molecule has 0 saturated heterocycles. The van der Waals surface area contributed by atoms with Crippen LogP contribution in [0, 0.1) is 6.92 Å². The lowest BCUT2D eigenvalue weighted by molar-refractivity contribution is 0.0988. The Balaban J connectivity index is 1.51. The first-order valence-electron chi connectivity index (χ1n) is 10.7. The van der Waals surface area contributed by atoms with Crippen molar-refractivity contribution in [3.8, 4) is 11.1 Å². The van der Waals surface area contributed by atoms with E-state index in [4.69, 9.17) is 4.98 Å². The number of halogens is 1. The van der Waals surface area contributed by atoms with Gasteiger partial charge in [0.15, 0.2) is 0 Å². The number of aromatic nitrogens is 1. The van der Waals surface area contributed by atoms with Gasteiger partial charge < -0.3 is 0 Å². The molecule has 166 valence electrons. The first-order chi connectivity index (χ1) is 16.6. The maximum Gasteiger partial charge on any atom is 0.280 e. The van der Waals surface area contributed by atoms with Crippen LogP contribution in [0.25, 0.3) is 21.3 Å². The van der Waals surface area contributed by atoms with E-state index in [-0.39, 0.29) is 5.91 Å². The summed E-state index contributed by atoms with van der Waals surface area (Å²) in [6.07, 6.45) is 1.68. The second-order valence-electron chi connectivity index (χ2n) is 7.82. The number of carbonyl (C=O) groups is 1. The fraction of sp³-hybridized carbons (Fsp3) is 0.0357. The van der Waals surface area contributed by atoms with E-state index in [1.165, 1.54) is 16.3 Å². The molecule has 5 aromatic rings. The number of carbonyl (C=O) groups excluding carboxylic acids is 1. The van der Waals surface area contributed by atoms with Crippen LogP contribution in [0.3, 0.4) is 0 Å². The Hall–Kier alpha value is -3.61. The minimum absolute atomic E-state index is 0.233. The molecule has 0 aliphatic heterocycles. The lowest BCUT2D eigenvalue weighted by Crippen LogP contribution is -2.25. The van der Waals surface area contributed by atoms with Crippen LogP contribution in [0.5, 0.6) is 0 Å². The highest BCUT2D eigenvalue weighted by molar-refractivity contribution is 9.10. The SMILES string of the molecule is Cc1ccc2nc(N(/N=C/c3ccc(Br)cc3)C(=O)c3ccc(-c4ccccc4)cc3)sc2c1. The standard InChI is InChI=1S/C28H20BrN3OS/c1-19-7-16-25-26(17-19)34-28(31-25)32(30-18-20-8-14-24(29)15-9-20)27(33)23-12-10-22(11-13-23)21-5-3-2-4-6-21/h2-18H,1H3/b30-18+. The molecule has 0 atom stereocenters. The van der Waals surface area contributed by atoms with Crippen LogP contribution in [0.15, 0.2) is 107 Å². The van der Waals surface area contributed by atoms with E-state index in [0.717, 1.165) is 36.9 Å². The number of nitrogens with zero attached hydrogens (tertiary/aromatic N) is 3. The fourth-order valence-electron chi connectivity index (χ4n) is 3.53. The summed E-state index contributed by atoms with van der Waals surface area (Å²) in [5.74, 6) is -0.233. The predicted octanol–water partition coefficient (Wildman–Crippen LogP) is 7.72. The van der Waals surface area contributed by atoms with Gasteiger partial charge in [0.05, 0.1) is 16.4 Å². The number of fused-ring (bicyclic) bond motifs is 1. The molecule has 1 heterocycles. The van der Waals surface area contributed by atoms with E-state index >= 15 is 0 Å². The lowest BCUT2D eigenvalue weighted by atomic mass is 10.0. The zero-order chi connectivity index (χ0) is 23.5. The van der Waals surface area contributed by atoms with E-state index in [0.29, 0.717) is 10.7 Å². The van der Waals surface area contributed by atoms with Gasteiger partial charge in [0.25, 0.3) is 5.91 Å². The number of thiazole rings is 1. The summed E-state index contributed by atoms with van der Waals surface area (Å²) in [4.78, 5) is 18.3. The molecule has 0 aliphatic rings. The normalized spacial score (nSPS) is 11.2. The van der Waals surface area contributed by atoms with Gasteiger partial charge in [-0.25, -0.2) is 4.98 Å². The Morgan fingerprint density at radius 2 is 1.62 bits per heavy atom. The quantitative estimate of drug-likeness (QED) is 0.174. The molecule has 34 heavy (non-hydrogen) atoms. The molecule has 0 unspecified atom stereocenters. The lowest BCUT2D eigenvalue weighted by Gasteiger charge is -2.14. The first-order valence-corrected chi connectivity index (χ1v) is 12.3. The number of rotatable bonds is 5. The van der Waals surface area contributed by atoms with E-state index in [1.807, 2.05) is 85.8 Å². The van der Waals surface area contributed by atoms with Gasteiger partial charge in [0.2, 0.25) is 5.13 Å². The third-order valence-electron chi connectivity index (χ3n) is 5.34. The largest absolute Gasteiger partial charge is 0.280 e. The molecule has 4 aromatic carbocycles. The molecular formula is C28H20BrN3OS. The van der Waals surface area contributed by atoms with Gasteiger partial charge in [-0.05, 0) is 65.6 Å². The van der Waals surface area contributed by atoms with Crippen molar-refractivity contribution in [1.82, 2.24) is 4.98 Å². The zero-order valence-corrected chi connectivity index (χ0v) is 20.8. The van der Waals surface area contributed by atoms with Crippen molar-refractivity contribution in [2.75, 3.05) is 5.01 Å². The highest BCUT2D eigenvalue weighted by Gasteiger charge is 2.21. The molecule has 0 saturated carbocycles. The molecule has 0 aliphatic carbocycles. The topological polar surface area (TPSA) is 45.6 Å². The van der Waals surface area contributed by atoms with Crippen LogP contribution >= 0.6 is 27.3 Å².